The molecular weight excluding hydrogens is 359 g/mol. The molecule has 0 spiro atoms. The van der Waals surface area contributed by atoms with Crippen LogP contribution in [0.5, 0.6) is 0 Å². The van der Waals surface area contributed by atoms with Gasteiger partial charge in [0.05, 0.1) is 23.1 Å². The van der Waals surface area contributed by atoms with Crippen LogP contribution in [-0.4, -0.2) is 30.2 Å². The van der Waals surface area contributed by atoms with E-state index in [1.807, 2.05) is 12.1 Å². The molecule has 0 aliphatic heterocycles. The molecule has 1 N–H and O–H groups in total. The Bertz CT molecular complexity index is 1100. The molecule has 0 aliphatic carbocycles. The quantitative estimate of drug-likeness (QED) is 0.581. The van der Waals surface area contributed by atoms with E-state index >= 15 is 0 Å². The maximum Gasteiger partial charge on any atom is 0.255 e. The summed E-state index contributed by atoms with van der Waals surface area (Å²) >= 11 is 0. The first-order valence-electron chi connectivity index (χ1n) is 8.64. The van der Waals surface area contributed by atoms with Crippen molar-refractivity contribution in [1.29, 1.82) is 0 Å². The number of hydrogen-bond acceptors (Lipinski definition) is 4. The van der Waals surface area contributed by atoms with Gasteiger partial charge in [0.15, 0.2) is 0 Å². The number of pyridine rings is 1. The minimum atomic E-state index is -0.320. The van der Waals surface area contributed by atoms with E-state index < -0.39 is 0 Å². The lowest BCUT2D eigenvalue weighted by Crippen LogP contribution is -2.23. The summed E-state index contributed by atoms with van der Waals surface area (Å²) in [7, 11) is 0. The fourth-order valence-corrected chi connectivity index (χ4v) is 2.86. The normalized spacial score (nSPS) is 10.8. The van der Waals surface area contributed by atoms with E-state index in [0.29, 0.717) is 23.5 Å². The monoisotopic (exact) mass is 376 g/mol. The zero-order chi connectivity index (χ0) is 19.5. The molecule has 3 heterocycles. The fraction of sp³-hybridized carbons (Fsp3) is 0.100. The van der Waals surface area contributed by atoms with Gasteiger partial charge in [-0.25, -0.2) is 19.0 Å². The van der Waals surface area contributed by atoms with E-state index in [4.69, 9.17) is 0 Å². The van der Waals surface area contributed by atoms with Crippen LogP contribution in [0.3, 0.4) is 0 Å². The highest BCUT2D eigenvalue weighted by Crippen LogP contribution is 2.15. The number of imidazole rings is 1. The first-order valence-corrected chi connectivity index (χ1v) is 8.64. The van der Waals surface area contributed by atoms with E-state index in [9.17, 15) is 9.18 Å². The van der Waals surface area contributed by atoms with Gasteiger partial charge in [0.1, 0.15) is 18.0 Å². The molecule has 4 aromatic rings. The van der Waals surface area contributed by atoms with E-state index in [1.54, 1.807) is 53.2 Å². The molecule has 4 rings (SSSR count). The highest BCUT2D eigenvalue weighted by Gasteiger charge is 2.15. The molecule has 0 unspecified atom stereocenters. The topological polar surface area (TPSA) is 77.6 Å². The van der Waals surface area contributed by atoms with Crippen molar-refractivity contribution >= 4 is 5.91 Å². The van der Waals surface area contributed by atoms with E-state index in [1.165, 1.54) is 18.3 Å². The van der Waals surface area contributed by atoms with E-state index in [-0.39, 0.29) is 11.7 Å². The Morgan fingerprint density at radius 1 is 1.18 bits per heavy atom. The van der Waals surface area contributed by atoms with Gasteiger partial charge in [-0.3, -0.25) is 9.36 Å². The predicted octanol–water partition coefficient (Wildman–Crippen LogP) is 2.83. The Labute approximate surface area is 160 Å². The number of amides is 1. The van der Waals surface area contributed by atoms with Crippen LogP contribution < -0.4 is 5.32 Å². The molecule has 0 saturated heterocycles. The van der Waals surface area contributed by atoms with Crippen molar-refractivity contribution in [2.75, 3.05) is 0 Å². The first-order chi connectivity index (χ1) is 13.6. The second-order valence-corrected chi connectivity index (χ2v) is 6.21. The van der Waals surface area contributed by atoms with Gasteiger partial charge in [0, 0.05) is 25.1 Å². The average Bonchev–Trinajstić information content (AvgIpc) is 3.37. The summed E-state index contributed by atoms with van der Waals surface area (Å²) in [5, 5.41) is 7.15. The van der Waals surface area contributed by atoms with Crippen LogP contribution in [0.1, 0.15) is 21.6 Å². The van der Waals surface area contributed by atoms with Crippen LogP contribution in [0.25, 0.3) is 11.5 Å². The molecule has 0 atom stereocenters. The number of hydrogen-bond donors (Lipinski definition) is 1. The number of aromatic nitrogens is 5. The zero-order valence-corrected chi connectivity index (χ0v) is 15.1. The highest BCUT2D eigenvalue weighted by atomic mass is 19.1. The van der Waals surface area contributed by atoms with E-state index in [0.717, 1.165) is 11.4 Å². The molecule has 0 radical (unpaired) electrons. The van der Waals surface area contributed by atoms with Crippen molar-refractivity contribution in [2.45, 2.75) is 13.5 Å². The molecule has 0 fully saturated rings. The van der Waals surface area contributed by atoms with Gasteiger partial charge < -0.3 is 5.32 Å². The lowest BCUT2D eigenvalue weighted by Gasteiger charge is -2.08. The van der Waals surface area contributed by atoms with Crippen LogP contribution in [0.2, 0.25) is 0 Å². The van der Waals surface area contributed by atoms with Crippen molar-refractivity contribution in [3.8, 4) is 11.5 Å². The molecule has 1 aromatic carbocycles. The number of benzene rings is 1. The van der Waals surface area contributed by atoms with Crippen molar-refractivity contribution < 1.29 is 9.18 Å². The van der Waals surface area contributed by atoms with E-state index in [2.05, 4.69) is 20.4 Å². The van der Waals surface area contributed by atoms with Gasteiger partial charge in [-0.2, -0.15) is 5.10 Å². The molecule has 1 amide bonds. The lowest BCUT2D eigenvalue weighted by molar-refractivity contribution is 0.0950. The Morgan fingerprint density at radius 2 is 2.00 bits per heavy atom. The van der Waals surface area contributed by atoms with Crippen LogP contribution >= 0.6 is 0 Å². The van der Waals surface area contributed by atoms with Gasteiger partial charge in [-0.05, 0) is 48.9 Å². The van der Waals surface area contributed by atoms with Gasteiger partial charge in [-0.1, -0.05) is 0 Å². The third kappa shape index (κ3) is 3.52. The molecule has 0 aliphatic rings. The summed E-state index contributed by atoms with van der Waals surface area (Å²) < 4.78 is 16.5. The highest BCUT2D eigenvalue weighted by molar-refractivity contribution is 5.95. The number of rotatable bonds is 5. The summed E-state index contributed by atoms with van der Waals surface area (Å²) in [6, 6.07) is 9.68. The molecule has 28 heavy (non-hydrogen) atoms. The number of carbonyl (C=O) groups is 1. The van der Waals surface area contributed by atoms with Crippen LogP contribution in [0.4, 0.5) is 4.39 Å². The number of halogens is 1. The first kappa shape index (κ1) is 17.6. The molecule has 0 saturated carbocycles. The Kier molecular flexibility index (Phi) is 4.67. The second kappa shape index (κ2) is 7.43. The SMILES string of the molecule is Cc1c(C(=O)NCc2ccnc(-n3ccnc3)c2)cnn1-c1ccc(F)cc1. The Balaban J connectivity index is 1.48. The van der Waals surface area contributed by atoms with Crippen LogP contribution in [-0.2, 0) is 6.54 Å². The summed E-state index contributed by atoms with van der Waals surface area (Å²) in [6.07, 6.45) is 8.35. The summed E-state index contributed by atoms with van der Waals surface area (Å²) in [6.45, 7) is 2.15. The van der Waals surface area contributed by atoms with Crippen molar-refractivity contribution in [1.82, 2.24) is 29.6 Å². The maximum absolute atomic E-state index is 13.1. The standard InChI is InChI=1S/C20H17FN6O/c1-14-18(12-25-27(14)17-4-2-16(21)3-5-17)20(28)24-11-15-6-7-23-19(10-15)26-9-8-22-13-26/h2-10,12-13H,11H2,1H3,(H,24,28). The van der Waals surface area contributed by atoms with Crippen LogP contribution in [0.15, 0.2) is 67.5 Å². The Hall–Kier alpha value is -3.81. The number of nitrogens with zero attached hydrogens (tertiary/aromatic N) is 5. The minimum Gasteiger partial charge on any atom is -0.348 e. The van der Waals surface area contributed by atoms with Gasteiger partial charge >= 0.3 is 0 Å². The van der Waals surface area contributed by atoms with Gasteiger partial charge in [0.2, 0.25) is 0 Å². The van der Waals surface area contributed by atoms with Gasteiger partial charge in [0.25, 0.3) is 5.91 Å². The molecule has 8 heteroatoms. The smallest absolute Gasteiger partial charge is 0.255 e. The van der Waals surface area contributed by atoms with Gasteiger partial charge in [-0.15, -0.1) is 0 Å². The molecule has 7 nitrogen and oxygen atoms in total. The lowest BCUT2D eigenvalue weighted by atomic mass is 10.2. The Morgan fingerprint density at radius 3 is 2.75 bits per heavy atom. The third-order valence-corrected chi connectivity index (χ3v) is 4.36. The van der Waals surface area contributed by atoms with Crippen molar-refractivity contribution in [3.05, 3.63) is 90.2 Å². The number of carbonyl (C=O) groups excluding carboxylic acids is 1. The number of nitrogens with one attached hydrogen (secondary N) is 1. The molecule has 140 valence electrons. The summed E-state index contributed by atoms with van der Waals surface area (Å²) in [4.78, 5) is 20.9. The predicted molar refractivity (Wildman–Crippen MR) is 101 cm³/mol. The van der Waals surface area contributed by atoms with Crippen molar-refractivity contribution in [3.63, 3.8) is 0 Å². The molecular formula is C20H17FN6O. The summed E-state index contributed by atoms with van der Waals surface area (Å²) in [5.41, 5.74) is 2.75. The zero-order valence-electron chi connectivity index (χ0n) is 15.1. The summed E-state index contributed by atoms with van der Waals surface area (Å²) in [5.74, 6) is 0.176. The minimum absolute atomic E-state index is 0.230. The van der Waals surface area contributed by atoms with Crippen LogP contribution in [0, 0.1) is 12.7 Å². The largest absolute Gasteiger partial charge is 0.348 e. The molecule has 3 aromatic heterocycles. The third-order valence-electron chi connectivity index (χ3n) is 4.36. The second-order valence-electron chi connectivity index (χ2n) is 6.21. The maximum atomic E-state index is 13.1. The molecule has 0 bridgehead atoms. The average molecular weight is 376 g/mol. The fourth-order valence-electron chi connectivity index (χ4n) is 2.86. The van der Waals surface area contributed by atoms with Crippen molar-refractivity contribution in [2.24, 2.45) is 0 Å².